The summed E-state index contributed by atoms with van der Waals surface area (Å²) in [4.78, 5) is 0. The van der Waals surface area contributed by atoms with Crippen LogP contribution in [-0.4, -0.2) is 0 Å². The van der Waals surface area contributed by atoms with Crippen molar-refractivity contribution in [2.24, 2.45) is 0 Å². The monoisotopic (exact) mass is 239 g/mol. The van der Waals surface area contributed by atoms with E-state index in [1.807, 2.05) is 17.7 Å². The maximum Gasteiger partial charge on any atom is 0.229 e. The molecule has 15 heavy (non-hydrogen) atoms. The van der Waals surface area contributed by atoms with E-state index in [1.165, 1.54) is 0 Å². The summed E-state index contributed by atoms with van der Waals surface area (Å²) in [6.07, 6.45) is 1.71. The minimum atomic E-state index is -4.94. The van der Waals surface area contributed by atoms with E-state index in [0.717, 1.165) is 5.69 Å². The SMILES string of the molecule is Cc1cco[n+]1C(C)(C)C.[O-][Cl+3]([O-])([O-])[O-]. The summed E-state index contributed by atoms with van der Waals surface area (Å²) in [5, 5.41) is 0. The summed E-state index contributed by atoms with van der Waals surface area (Å²) in [5.74, 6) is 0. The van der Waals surface area contributed by atoms with Crippen molar-refractivity contribution < 1.29 is 38.1 Å². The summed E-state index contributed by atoms with van der Waals surface area (Å²) < 4.78 is 41.1. The van der Waals surface area contributed by atoms with E-state index in [0.29, 0.717) is 0 Å². The van der Waals surface area contributed by atoms with Gasteiger partial charge in [-0.1, -0.05) is 0 Å². The van der Waals surface area contributed by atoms with Crippen LogP contribution in [0.3, 0.4) is 0 Å². The van der Waals surface area contributed by atoms with Crippen molar-refractivity contribution in [1.29, 1.82) is 0 Å². The number of hydrogen-bond donors (Lipinski definition) is 0. The molecule has 0 saturated carbocycles. The minimum absolute atomic E-state index is 0.0631. The van der Waals surface area contributed by atoms with Crippen molar-refractivity contribution in [3.8, 4) is 0 Å². The zero-order chi connectivity index (χ0) is 12.3. The lowest BCUT2D eigenvalue weighted by molar-refractivity contribution is -2.00. The average molecular weight is 240 g/mol. The van der Waals surface area contributed by atoms with Gasteiger partial charge in [0.05, 0.1) is 6.07 Å². The van der Waals surface area contributed by atoms with Gasteiger partial charge in [-0.15, -0.1) is 10.2 Å². The molecule has 1 aromatic rings. The lowest BCUT2D eigenvalue weighted by atomic mass is 10.1. The number of hydrogen-bond acceptors (Lipinski definition) is 5. The van der Waals surface area contributed by atoms with Crippen molar-refractivity contribution in [3.63, 3.8) is 0 Å². The van der Waals surface area contributed by atoms with E-state index >= 15 is 0 Å². The van der Waals surface area contributed by atoms with Crippen LogP contribution in [-0.2, 0) is 5.54 Å². The number of aromatic nitrogens is 1. The molecule has 0 aliphatic heterocycles. The molecule has 1 aromatic heterocycles. The van der Waals surface area contributed by atoms with Crippen LogP contribution >= 0.6 is 0 Å². The van der Waals surface area contributed by atoms with Crippen molar-refractivity contribution >= 4 is 0 Å². The minimum Gasteiger partial charge on any atom is -0.244 e. The summed E-state index contributed by atoms with van der Waals surface area (Å²) in [5.41, 5.74) is 1.22. The molecule has 0 atom stereocenters. The Hall–Kier alpha value is -0.660. The molecule has 1 rings (SSSR count). The maximum atomic E-state index is 8.49. The molecular formula is C8H14ClNO5. The van der Waals surface area contributed by atoms with Gasteiger partial charge in [0.15, 0.2) is 6.26 Å². The Balaban J connectivity index is 0.000000336. The van der Waals surface area contributed by atoms with Crippen LogP contribution in [0.15, 0.2) is 16.9 Å². The first-order valence-corrected chi connectivity index (χ1v) is 5.34. The molecule has 0 saturated heterocycles. The third kappa shape index (κ3) is 7.29. The van der Waals surface area contributed by atoms with Crippen LogP contribution in [0.4, 0.5) is 0 Å². The van der Waals surface area contributed by atoms with Gasteiger partial charge >= 0.3 is 0 Å². The van der Waals surface area contributed by atoms with Gasteiger partial charge in [0.2, 0.25) is 11.2 Å². The number of halogens is 1. The van der Waals surface area contributed by atoms with Gasteiger partial charge in [-0.25, -0.2) is 23.2 Å². The van der Waals surface area contributed by atoms with E-state index in [9.17, 15) is 0 Å². The van der Waals surface area contributed by atoms with Crippen molar-refractivity contribution in [2.75, 3.05) is 0 Å². The van der Waals surface area contributed by atoms with Crippen LogP contribution in [0.2, 0.25) is 0 Å². The molecule has 0 spiro atoms. The van der Waals surface area contributed by atoms with Crippen LogP contribution in [0.1, 0.15) is 26.5 Å². The van der Waals surface area contributed by atoms with Gasteiger partial charge in [0.25, 0.3) is 0 Å². The van der Waals surface area contributed by atoms with Gasteiger partial charge in [-0.2, -0.15) is 0 Å². The molecule has 0 fully saturated rings. The fraction of sp³-hybridized carbons (Fsp3) is 0.625. The Kier molecular flexibility index (Phi) is 4.69. The normalized spacial score (nSPS) is 12.0. The Morgan fingerprint density at radius 2 is 1.60 bits per heavy atom. The predicted molar refractivity (Wildman–Crippen MR) is 38.6 cm³/mol. The quantitative estimate of drug-likeness (QED) is 0.445. The fourth-order valence-electron chi connectivity index (χ4n) is 1.03. The second-order valence-electron chi connectivity index (χ2n) is 3.89. The highest BCUT2D eigenvalue weighted by molar-refractivity contribution is 4.84. The molecule has 0 aromatic carbocycles. The smallest absolute Gasteiger partial charge is 0.229 e. The molecule has 6 nitrogen and oxygen atoms in total. The molecule has 1 heterocycles. The largest absolute Gasteiger partial charge is 0.244 e. The first-order chi connectivity index (χ1) is 6.52. The first-order valence-electron chi connectivity index (χ1n) is 4.10. The summed E-state index contributed by atoms with van der Waals surface area (Å²) in [6.45, 7) is 8.38. The van der Waals surface area contributed by atoms with Crippen LogP contribution in [0.25, 0.3) is 0 Å². The van der Waals surface area contributed by atoms with Gasteiger partial charge in [0, 0.05) is 27.7 Å². The zero-order valence-corrected chi connectivity index (χ0v) is 9.78. The van der Waals surface area contributed by atoms with E-state index in [-0.39, 0.29) is 5.54 Å². The van der Waals surface area contributed by atoms with Crippen molar-refractivity contribution in [3.05, 3.63) is 18.0 Å². The molecule has 0 unspecified atom stereocenters. The van der Waals surface area contributed by atoms with Gasteiger partial charge in [-0.05, 0) is 4.74 Å². The molecular weight excluding hydrogens is 226 g/mol. The average Bonchev–Trinajstić information content (AvgIpc) is 2.28. The number of aryl methyl sites for hydroxylation is 1. The highest BCUT2D eigenvalue weighted by atomic mass is 35.7. The molecule has 0 bridgehead atoms. The highest BCUT2D eigenvalue weighted by Crippen LogP contribution is 2.05. The first kappa shape index (κ1) is 14.3. The fourth-order valence-corrected chi connectivity index (χ4v) is 1.03. The van der Waals surface area contributed by atoms with E-state index in [2.05, 4.69) is 20.8 Å². The highest BCUT2D eigenvalue weighted by Gasteiger charge is 2.27. The Bertz CT molecular complexity index is 293. The Labute approximate surface area is 90.1 Å². The standard InChI is InChI=1S/C8H14NO.ClHO4/c1-7-5-6-10-9(7)8(2,3)4;2-1(3,4)5/h5-6H,1-4H3;(H,2,3,4,5)/q+1;/p-1. The van der Waals surface area contributed by atoms with Gasteiger partial charge in [0.1, 0.15) is 0 Å². The predicted octanol–water partition coefficient (Wildman–Crippen LogP) is -3.13. The zero-order valence-electron chi connectivity index (χ0n) is 9.02. The molecule has 0 N–H and O–H groups in total. The van der Waals surface area contributed by atoms with E-state index in [4.69, 9.17) is 23.2 Å². The third-order valence-corrected chi connectivity index (χ3v) is 1.41. The van der Waals surface area contributed by atoms with Crippen LogP contribution in [0, 0.1) is 17.2 Å². The van der Waals surface area contributed by atoms with Crippen molar-refractivity contribution in [1.82, 2.24) is 0 Å². The third-order valence-electron chi connectivity index (χ3n) is 1.41. The Morgan fingerprint density at radius 1 is 1.20 bits per heavy atom. The lowest BCUT2D eigenvalue weighted by Gasteiger charge is -2.17. The molecule has 7 heteroatoms. The molecule has 0 amide bonds. The summed E-state index contributed by atoms with van der Waals surface area (Å²) >= 11 is 0. The van der Waals surface area contributed by atoms with Crippen LogP contribution < -0.4 is 23.4 Å². The number of rotatable bonds is 0. The molecule has 0 aliphatic rings. The molecule has 0 radical (unpaired) electrons. The van der Waals surface area contributed by atoms with E-state index < -0.39 is 10.2 Å². The number of nitrogens with zero attached hydrogens (tertiary/aromatic N) is 1. The van der Waals surface area contributed by atoms with Crippen LogP contribution in [0.5, 0.6) is 0 Å². The second-order valence-corrected chi connectivity index (χ2v) is 4.65. The lowest BCUT2D eigenvalue weighted by Crippen LogP contribution is -2.68. The van der Waals surface area contributed by atoms with E-state index in [1.54, 1.807) is 6.26 Å². The topological polar surface area (TPSA) is 109 Å². The molecule has 88 valence electrons. The van der Waals surface area contributed by atoms with Crippen molar-refractivity contribution in [2.45, 2.75) is 33.2 Å². The second kappa shape index (κ2) is 4.91. The summed E-state index contributed by atoms with van der Waals surface area (Å²) in [6, 6.07) is 1.96. The Morgan fingerprint density at radius 3 is 1.73 bits per heavy atom. The maximum absolute atomic E-state index is 8.49. The summed E-state index contributed by atoms with van der Waals surface area (Å²) in [7, 11) is -4.94. The van der Waals surface area contributed by atoms with Gasteiger partial charge < -0.3 is 0 Å². The molecule has 0 aliphatic carbocycles. The van der Waals surface area contributed by atoms with Gasteiger partial charge in [-0.3, -0.25) is 0 Å².